The van der Waals surface area contributed by atoms with E-state index in [1.165, 1.54) is 15.9 Å². The smallest absolute Gasteiger partial charge is 0.322 e. The maximum atomic E-state index is 11.8. The highest BCUT2D eigenvalue weighted by Crippen LogP contribution is 2.00. The molecule has 2 N–H and O–H groups in total. The van der Waals surface area contributed by atoms with Crippen LogP contribution in [0.3, 0.4) is 0 Å². The van der Waals surface area contributed by atoms with Gasteiger partial charge in [0.25, 0.3) is 0 Å². The molecule has 1 aromatic rings. The fourth-order valence-corrected chi connectivity index (χ4v) is 1.91. The van der Waals surface area contributed by atoms with Gasteiger partial charge in [-0.05, 0) is 26.1 Å². The third-order valence-electron chi connectivity index (χ3n) is 3.33. The number of carbonyl (C=O) groups excluding carboxylic acids is 2. The second-order valence-electron chi connectivity index (χ2n) is 5.32. The lowest BCUT2D eigenvalue weighted by molar-refractivity contribution is -0.122. The molecule has 0 bridgehead atoms. The summed E-state index contributed by atoms with van der Waals surface area (Å²) in [4.78, 5) is 28.2. The van der Waals surface area contributed by atoms with Gasteiger partial charge < -0.3 is 15.1 Å². The van der Waals surface area contributed by atoms with Crippen LogP contribution in [0.25, 0.3) is 0 Å². The molecule has 9 heteroatoms. The Bertz CT molecular complexity index is 497. The summed E-state index contributed by atoms with van der Waals surface area (Å²) in [6.45, 7) is 7.90. The average molecular weight is 325 g/mol. The molecule has 0 saturated carbocycles. The van der Waals surface area contributed by atoms with Gasteiger partial charge in [0.1, 0.15) is 6.54 Å². The van der Waals surface area contributed by atoms with Gasteiger partial charge in [-0.2, -0.15) is 9.90 Å². The van der Waals surface area contributed by atoms with E-state index in [4.69, 9.17) is 0 Å². The molecule has 0 saturated heterocycles. The van der Waals surface area contributed by atoms with Crippen molar-refractivity contribution in [3.8, 4) is 0 Å². The van der Waals surface area contributed by atoms with Crippen molar-refractivity contribution in [1.29, 1.82) is 0 Å². The third-order valence-corrected chi connectivity index (χ3v) is 3.33. The molecule has 1 rings (SSSR count). The first-order valence-electron chi connectivity index (χ1n) is 7.83. The zero-order chi connectivity index (χ0) is 17.2. The quantitative estimate of drug-likeness (QED) is 0.633. The molecular formula is C14H27N7O2. The molecule has 0 unspecified atom stereocenters. The molecule has 130 valence electrons. The van der Waals surface area contributed by atoms with Gasteiger partial charge >= 0.3 is 6.03 Å². The van der Waals surface area contributed by atoms with E-state index in [1.807, 2.05) is 0 Å². The van der Waals surface area contributed by atoms with Gasteiger partial charge in [-0.1, -0.05) is 13.8 Å². The Morgan fingerprint density at radius 3 is 2.57 bits per heavy atom. The fourth-order valence-electron chi connectivity index (χ4n) is 1.91. The Hall–Kier alpha value is -2.16. The van der Waals surface area contributed by atoms with Crippen molar-refractivity contribution in [3.63, 3.8) is 0 Å². The Morgan fingerprint density at radius 2 is 1.96 bits per heavy atom. The van der Waals surface area contributed by atoms with Crippen molar-refractivity contribution in [2.45, 2.75) is 26.8 Å². The van der Waals surface area contributed by atoms with E-state index in [0.717, 1.165) is 26.1 Å². The number of carbonyl (C=O) groups is 2. The summed E-state index contributed by atoms with van der Waals surface area (Å²) in [6.07, 6.45) is 2.32. The number of urea groups is 1. The lowest BCUT2D eigenvalue weighted by Crippen LogP contribution is -2.32. The van der Waals surface area contributed by atoms with E-state index in [9.17, 15) is 9.59 Å². The van der Waals surface area contributed by atoms with Crippen LogP contribution in [0, 0.1) is 0 Å². The lowest BCUT2D eigenvalue weighted by Gasteiger charge is -2.17. The summed E-state index contributed by atoms with van der Waals surface area (Å²) in [5, 5.41) is 13.4. The summed E-state index contributed by atoms with van der Waals surface area (Å²) in [6, 6.07) is -0.294. The number of hydrogen-bond donors (Lipinski definition) is 2. The van der Waals surface area contributed by atoms with E-state index in [1.54, 1.807) is 14.1 Å². The van der Waals surface area contributed by atoms with E-state index in [-0.39, 0.29) is 18.5 Å². The number of anilines is 1. The van der Waals surface area contributed by atoms with Crippen molar-refractivity contribution < 1.29 is 9.59 Å². The number of aromatic nitrogens is 3. The molecule has 0 fully saturated rings. The summed E-state index contributed by atoms with van der Waals surface area (Å²) in [7, 11) is 3.26. The molecule has 0 radical (unpaired) electrons. The highest BCUT2D eigenvalue weighted by atomic mass is 16.2. The van der Waals surface area contributed by atoms with Crippen LogP contribution in [0.4, 0.5) is 10.6 Å². The van der Waals surface area contributed by atoms with E-state index < -0.39 is 0 Å². The van der Waals surface area contributed by atoms with Gasteiger partial charge in [-0.25, -0.2) is 4.79 Å². The van der Waals surface area contributed by atoms with Crippen LogP contribution in [0.2, 0.25) is 0 Å². The normalized spacial score (nSPS) is 10.7. The SMILES string of the molecule is CCN(CC)CCCNC(=O)Cn1ncc(NC(=O)N(C)C)n1. The minimum absolute atomic E-state index is 0.0309. The van der Waals surface area contributed by atoms with Crippen molar-refractivity contribution in [3.05, 3.63) is 6.20 Å². The van der Waals surface area contributed by atoms with Crippen molar-refractivity contribution in [1.82, 2.24) is 30.1 Å². The average Bonchev–Trinajstić information content (AvgIpc) is 2.94. The summed E-state index contributed by atoms with van der Waals surface area (Å²) < 4.78 is 0. The summed E-state index contributed by atoms with van der Waals surface area (Å²) >= 11 is 0. The minimum Gasteiger partial charge on any atom is -0.354 e. The third kappa shape index (κ3) is 7.09. The van der Waals surface area contributed by atoms with E-state index in [0.29, 0.717) is 12.4 Å². The molecular weight excluding hydrogens is 298 g/mol. The molecule has 0 atom stereocenters. The molecule has 23 heavy (non-hydrogen) atoms. The molecule has 0 aliphatic carbocycles. The first-order chi connectivity index (χ1) is 11.0. The van der Waals surface area contributed by atoms with Gasteiger partial charge in [0.15, 0.2) is 5.82 Å². The first kappa shape index (κ1) is 18.9. The Morgan fingerprint density at radius 1 is 1.26 bits per heavy atom. The maximum Gasteiger partial charge on any atom is 0.322 e. The summed E-state index contributed by atoms with van der Waals surface area (Å²) in [5.41, 5.74) is 0. The van der Waals surface area contributed by atoms with Crippen LogP contribution >= 0.6 is 0 Å². The van der Waals surface area contributed by atoms with Gasteiger partial charge in [0.05, 0.1) is 6.20 Å². The fraction of sp³-hybridized carbons (Fsp3) is 0.714. The Labute approximate surface area is 137 Å². The molecule has 0 aromatic carbocycles. The lowest BCUT2D eigenvalue weighted by atomic mass is 10.3. The van der Waals surface area contributed by atoms with Crippen LogP contribution < -0.4 is 10.6 Å². The minimum atomic E-state index is -0.294. The standard InChI is InChI=1S/C14H27N7O2/c1-5-20(6-2)9-7-8-15-13(22)11-21-16-10-12(18-21)17-14(23)19(3)4/h10H,5-9,11H2,1-4H3,(H,15,22)(H,17,18,23). The predicted molar refractivity (Wildman–Crippen MR) is 88.1 cm³/mol. The van der Waals surface area contributed by atoms with Gasteiger partial charge in [0.2, 0.25) is 5.91 Å². The monoisotopic (exact) mass is 325 g/mol. The number of amides is 3. The van der Waals surface area contributed by atoms with Crippen molar-refractivity contribution in [2.24, 2.45) is 0 Å². The highest BCUT2D eigenvalue weighted by Gasteiger charge is 2.09. The molecule has 0 aliphatic rings. The van der Waals surface area contributed by atoms with Crippen LogP contribution in [-0.4, -0.2) is 77.0 Å². The molecule has 9 nitrogen and oxygen atoms in total. The van der Waals surface area contributed by atoms with Gasteiger partial charge in [-0.3, -0.25) is 10.1 Å². The number of rotatable bonds is 9. The zero-order valence-electron chi connectivity index (χ0n) is 14.4. The topological polar surface area (TPSA) is 95.4 Å². The van der Waals surface area contributed by atoms with Crippen molar-refractivity contribution in [2.75, 3.05) is 45.6 Å². The van der Waals surface area contributed by atoms with Gasteiger partial charge in [0, 0.05) is 20.6 Å². The first-order valence-corrected chi connectivity index (χ1v) is 7.83. The summed E-state index contributed by atoms with van der Waals surface area (Å²) in [5.74, 6) is 0.170. The van der Waals surface area contributed by atoms with Crippen molar-refractivity contribution >= 4 is 17.8 Å². The molecule has 3 amide bonds. The maximum absolute atomic E-state index is 11.8. The second kappa shape index (κ2) is 9.78. The number of nitrogens with one attached hydrogen (secondary N) is 2. The number of hydrogen-bond acceptors (Lipinski definition) is 5. The van der Waals surface area contributed by atoms with Crippen LogP contribution in [0.1, 0.15) is 20.3 Å². The molecule has 1 aromatic heterocycles. The van der Waals surface area contributed by atoms with Crippen LogP contribution in [0.15, 0.2) is 6.20 Å². The Balaban J connectivity index is 2.29. The van der Waals surface area contributed by atoms with E-state index in [2.05, 4.69) is 39.6 Å². The second-order valence-corrected chi connectivity index (χ2v) is 5.32. The van der Waals surface area contributed by atoms with Gasteiger partial charge in [-0.15, -0.1) is 5.10 Å². The highest BCUT2D eigenvalue weighted by molar-refractivity contribution is 5.87. The van der Waals surface area contributed by atoms with E-state index >= 15 is 0 Å². The largest absolute Gasteiger partial charge is 0.354 e. The predicted octanol–water partition coefficient (Wildman–Crippen LogP) is 0.220. The van der Waals surface area contributed by atoms with Crippen LogP contribution in [0.5, 0.6) is 0 Å². The molecule has 0 spiro atoms. The molecule has 0 aliphatic heterocycles. The molecule has 1 heterocycles. The van der Waals surface area contributed by atoms with Crippen LogP contribution in [-0.2, 0) is 11.3 Å². The zero-order valence-corrected chi connectivity index (χ0v) is 14.4. The Kier molecular flexibility index (Phi) is 8.03. The number of nitrogens with zero attached hydrogens (tertiary/aromatic N) is 5.